The Morgan fingerprint density at radius 3 is 2.67 bits per heavy atom. The highest BCUT2D eigenvalue weighted by molar-refractivity contribution is 5.99. The summed E-state index contributed by atoms with van der Waals surface area (Å²) in [5.41, 5.74) is 4.31. The van der Waals surface area contributed by atoms with E-state index >= 15 is 0 Å². The van der Waals surface area contributed by atoms with Gasteiger partial charge in [-0.25, -0.2) is 0 Å². The monoisotopic (exact) mass is 202 g/mol. The molecule has 1 saturated carbocycles. The van der Waals surface area contributed by atoms with Crippen LogP contribution < -0.4 is 5.32 Å². The molecule has 1 aliphatic carbocycles. The summed E-state index contributed by atoms with van der Waals surface area (Å²) in [6.45, 7) is 4.90. The van der Waals surface area contributed by atoms with Gasteiger partial charge < -0.3 is 10.7 Å². The molecule has 2 heteroatoms. The maximum absolute atomic E-state index is 7.96. The normalized spacial score (nSPS) is 15.3. The van der Waals surface area contributed by atoms with Gasteiger partial charge in [-0.15, -0.1) is 0 Å². The lowest BCUT2D eigenvalue weighted by Crippen LogP contribution is -2.24. The predicted octanol–water partition coefficient (Wildman–Crippen LogP) is 2.42. The Hall–Kier alpha value is -1.15. The smallest absolute Gasteiger partial charge is 0.0524 e. The number of hydrogen-bond donors (Lipinski definition) is 2. The van der Waals surface area contributed by atoms with Gasteiger partial charge in [0.25, 0.3) is 0 Å². The summed E-state index contributed by atoms with van der Waals surface area (Å²) < 4.78 is 0. The van der Waals surface area contributed by atoms with E-state index in [9.17, 15) is 0 Å². The topological polar surface area (TPSA) is 35.9 Å². The molecule has 0 radical (unpaired) electrons. The van der Waals surface area contributed by atoms with E-state index in [0.29, 0.717) is 18.3 Å². The van der Waals surface area contributed by atoms with E-state index in [1.165, 1.54) is 24.0 Å². The molecule has 0 aliphatic heterocycles. The predicted molar refractivity (Wildman–Crippen MR) is 63.8 cm³/mol. The van der Waals surface area contributed by atoms with Gasteiger partial charge in [-0.05, 0) is 49.4 Å². The second-order valence-electron chi connectivity index (χ2n) is 4.43. The Balaban J connectivity index is 2.00. The standard InChI is InChI=1S/C13H18N2/c1-9-3-4-11(7-10(9)2)13(14)8-15-12-5-6-12/h3-4,7,12,14-15H,5-6,8H2,1-2H3. The summed E-state index contributed by atoms with van der Waals surface area (Å²) in [5.74, 6) is 0. The largest absolute Gasteiger partial charge is 0.308 e. The highest BCUT2D eigenvalue weighted by atomic mass is 14.9. The zero-order valence-electron chi connectivity index (χ0n) is 9.43. The minimum Gasteiger partial charge on any atom is -0.308 e. The van der Waals surface area contributed by atoms with Crippen molar-refractivity contribution < 1.29 is 0 Å². The van der Waals surface area contributed by atoms with Gasteiger partial charge in [-0.3, -0.25) is 0 Å². The first kappa shape index (κ1) is 10.4. The lowest BCUT2D eigenvalue weighted by atomic mass is 10.0. The Morgan fingerprint density at radius 1 is 1.33 bits per heavy atom. The third kappa shape index (κ3) is 2.66. The van der Waals surface area contributed by atoms with Crippen LogP contribution in [0.4, 0.5) is 0 Å². The van der Waals surface area contributed by atoms with E-state index in [0.717, 1.165) is 5.56 Å². The molecule has 0 unspecified atom stereocenters. The fraction of sp³-hybridized carbons (Fsp3) is 0.462. The zero-order valence-corrected chi connectivity index (χ0v) is 9.43. The minimum atomic E-state index is 0.678. The van der Waals surface area contributed by atoms with Crippen LogP contribution in [0, 0.1) is 19.3 Å². The second-order valence-corrected chi connectivity index (χ2v) is 4.43. The maximum Gasteiger partial charge on any atom is 0.0524 e. The van der Waals surface area contributed by atoms with Gasteiger partial charge in [0.15, 0.2) is 0 Å². The van der Waals surface area contributed by atoms with Crippen LogP contribution in [-0.4, -0.2) is 18.3 Å². The van der Waals surface area contributed by atoms with Crippen LogP contribution in [0.15, 0.2) is 18.2 Å². The maximum atomic E-state index is 7.96. The molecular formula is C13H18N2. The van der Waals surface area contributed by atoms with Crippen molar-refractivity contribution in [3.8, 4) is 0 Å². The number of rotatable bonds is 4. The van der Waals surface area contributed by atoms with E-state index < -0.39 is 0 Å². The molecule has 2 nitrogen and oxygen atoms in total. The van der Waals surface area contributed by atoms with E-state index in [-0.39, 0.29) is 0 Å². The molecule has 0 atom stereocenters. The quantitative estimate of drug-likeness (QED) is 0.723. The van der Waals surface area contributed by atoms with E-state index in [4.69, 9.17) is 5.41 Å². The van der Waals surface area contributed by atoms with Gasteiger partial charge in [0.2, 0.25) is 0 Å². The summed E-state index contributed by atoms with van der Waals surface area (Å²) in [7, 11) is 0. The molecule has 0 saturated heterocycles. The third-order valence-corrected chi connectivity index (χ3v) is 3.00. The molecule has 0 amide bonds. The first-order chi connectivity index (χ1) is 7.16. The van der Waals surface area contributed by atoms with Crippen molar-refractivity contribution in [2.24, 2.45) is 0 Å². The SMILES string of the molecule is Cc1ccc(C(=N)CNC2CC2)cc1C. The van der Waals surface area contributed by atoms with Crippen molar-refractivity contribution in [2.75, 3.05) is 6.54 Å². The fourth-order valence-corrected chi connectivity index (χ4v) is 1.57. The van der Waals surface area contributed by atoms with Gasteiger partial charge in [-0.2, -0.15) is 0 Å². The zero-order chi connectivity index (χ0) is 10.8. The number of hydrogen-bond acceptors (Lipinski definition) is 2. The molecule has 2 rings (SSSR count). The van der Waals surface area contributed by atoms with Gasteiger partial charge >= 0.3 is 0 Å². The third-order valence-electron chi connectivity index (χ3n) is 3.00. The van der Waals surface area contributed by atoms with Gasteiger partial charge in [0.05, 0.1) is 5.71 Å². The fourth-order valence-electron chi connectivity index (χ4n) is 1.57. The molecule has 1 aliphatic rings. The Bertz CT molecular complexity index is 378. The molecule has 0 aromatic heterocycles. The lowest BCUT2D eigenvalue weighted by Gasteiger charge is -2.07. The Labute approximate surface area is 91.2 Å². The highest BCUT2D eigenvalue weighted by Crippen LogP contribution is 2.18. The first-order valence-corrected chi connectivity index (χ1v) is 5.55. The van der Waals surface area contributed by atoms with E-state index in [2.05, 4.69) is 31.3 Å². The van der Waals surface area contributed by atoms with Crippen molar-refractivity contribution in [2.45, 2.75) is 32.7 Å². The highest BCUT2D eigenvalue weighted by Gasteiger charge is 2.20. The van der Waals surface area contributed by atoms with Crippen molar-refractivity contribution in [1.82, 2.24) is 5.32 Å². The van der Waals surface area contributed by atoms with E-state index in [1.54, 1.807) is 0 Å². The Kier molecular flexibility index (Phi) is 2.87. The van der Waals surface area contributed by atoms with Crippen LogP contribution in [0.1, 0.15) is 29.5 Å². The summed E-state index contributed by atoms with van der Waals surface area (Å²) in [6.07, 6.45) is 2.56. The van der Waals surface area contributed by atoms with Crippen molar-refractivity contribution >= 4 is 5.71 Å². The average molecular weight is 202 g/mol. The molecule has 0 spiro atoms. The van der Waals surface area contributed by atoms with Crippen LogP contribution in [0.25, 0.3) is 0 Å². The molecular weight excluding hydrogens is 184 g/mol. The van der Waals surface area contributed by atoms with Gasteiger partial charge in [0, 0.05) is 12.6 Å². The molecule has 15 heavy (non-hydrogen) atoms. The van der Waals surface area contributed by atoms with Gasteiger partial charge in [0.1, 0.15) is 0 Å². The summed E-state index contributed by atoms with van der Waals surface area (Å²) in [4.78, 5) is 0. The van der Waals surface area contributed by atoms with Crippen molar-refractivity contribution in [3.63, 3.8) is 0 Å². The average Bonchev–Trinajstić information content (AvgIpc) is 3.02. The number of nitrogens with one attached hydrogen (secondary N) is 2. The van der Waals surface area contributed by atoms with Crippen LogP contribution in [0.5, 0.6) is 0 Å². The molecule has 2 N–H and O–H groups in total. The molecule has 1 fully saturated rings. The second kappa shape index (κ2) is 4.15. The van der Waals surface area contributed by atoms with Crippen molar-refractivity contribution in [3.05, 3.63) is 34.9 Å². The molecule has 1 aromatic rings. The Morgan fingerprint density at radius 2 is 2.07 bits per heavy atom. The summed E-state index contributed by atoms with van der Waals surface area (Å²) in [6, 6.07) is 6.92. The molecule has 0 bridgehead atoms. The number of aryl methyl sites for hydroxylation is 2. The minimum absolute atomic E-state index is 0.678. The van der Waals surface area contributed by atoms with E-state index in [1.807, 2.05) is 6.07 Å². The van der Waals surface area contributed by atoms with Crippen molar-refractivity contribution in [1.29, 1.82) is 5.41 Å². The summed E-state index contributed by atoms with van der Waals surface area (Å²) in [5, 5.41) is 11.3. The van der Waals surface area contributed by atoms with Crippen LogP contribution in [-0.2, 0) is 0 Å². The first-order valence-electron chi connectivity index (χ1n) is 5.55. The number of benzene rings is 1. The molecule has 80 valence electrons. The molecule has 0 heterocycles. The van der Waals surface area contributed by atoms with Crippen LogP contribution >= 0.6 is 0 Å². The van der Waals surface area contributed by atoms with Crippen LogP contribution in [0.2, 0.25) is 0 Å². The van der Waals surface area contributed by atoms with Crippen LogP contribution in [0.3, 0.4) is 0 Å². The lowest BCUT2D eigenvalue weighted by molar-refractivity contribution is 0.768. The molecule has 1 aromatic carbocycles. The van der Waals surface area contributed by atoms with Gasteiger partial charge in [-0.1, -0.05) is 12.1 Å². The summed E-state index contributed by atoms with van der Waals surface area (Å²) >= 11 is 0.